The fourth-order valence-electron chi connectivity index (χ4n) is 10.5. The zero-order chi connectivity index (χ0) is 24.4. The van der Waals surface area contributed by atoms with E-state index in [2.05, 4.69) is 18.7 Å². The maximum Gasteiger partial charge on any atom is 0.165 e. The summed E-state index contributed by atoms with van der Waals surface area (Å²) in [6.45, 7) is 7.90. The van der Waals surface area contributed by atoms with Crippen LogP contribution in [0.3, 0.4) is 0 Å². The number of carbonyl (C=O) groups is 1. The highest BCUT2D eigenvalue weighted by atomic mass is 16.3. The third kappa shape index (κ3) is 2.94. The number of carbonyl (C=O) groups excluding carboxylic acids is 1. The van der Waals surface area contributed by atoms with Gasteiger partial charge in [0.05, 0.1) is 23.4 Å². The van der Waals surface area contributed by atoms with E-state index in [0.717, 1.165) is 25.9 Å². The van der Waals surface area contributed by atoms with Crippen molar-refractivity contribution in [1.82, 2.24) is 4.90 Å². The molecular weight excluding hydrogens is 434 g/mol. The molecule has 14 atom stereocenters. The van der Waals surface area contributed by atoms with E-state index in [1.165, 1.54) is 0 Å². The molecular formula is C27H43NO6. The molecule has 2 heterocycles. The van der Waals surface area contributed by atoms with E-state index in [1.54, 1.807) is 0 Å². The summed E-state index contributed by atoms with van der Waals surface area (Å²) >= 11 is 0. The average Bonchev–Trinajstić information content (AvgIpc) is 3.06. The van der Waals surface area contributed by atoms with Gasteiger partial charge in [0.1, 0.15) is 6.10 Å². The predicted molar refractivity (Wildman–Crippen MR) is 124 cm³/mol. The van der Waals surface area contributed by atoms with E-state index in [-0.39, 0.29) is 47.3 Å². The summed E-state index contributed by atoms with van der Waals surface area (Å²) in [5, 5.41) is 57.1. The molecule has 0 unspecified atom stereocenters. The number of ketones is 1. The van der Waals surface area contributed by atoms with Gasteiger partial charge in [-0.2, -0.15) is 0 Å². The summed E-state index contributed by atoms with van der Waals surface area (Å²) in [7, 11) is 0. The lowest BCUT2D eigenvalue weighted by molar-refractivity contribution is -0.244. The molecule has 0 aromatic carbocycles. The molecule has 5 N–H and O–H groups in total. The molecule has 0 bridgehead atoms. The number of piperidine rings is 2. The Kier molecular flexibility index (Phi) is 5.24. The van der Waals surface area contributed by atoms with Gasteiger partial charge in [-0.05, 0) is 74.5 Å². The number of hydrogen-bond acceptors (Lipinski definition) is 7. The largest absolute Gasteiger partial charge is 0.393 e. The van der Waals surface area contributed by atoms with Gasteiger partial charge in [-0.25, -0.2) is 0 Å². The maximum absolute atomic E-state index is 13.4. The van der Waals surface area contributed by atoms with Crippen molar-refractivity contribution in [2.24, 2.45) is 46.8 Å². The quantitative estimate of drug-likeness (QED) is 0.352. The van der Waals surface area contributed by atoms with Gasteiger partial charge < -0.3 is 25.5 Å². The highest BCUT2D eigenvalue weighted by molar-refractivity contribution is 5.88. The van der Waals surface area contributed by atoms with Gasteiger partial charge in [-0.1, -0.05) is 13.8 Å². The molecule has 34 heavy (non-hydrogen) atoms. The van der Waals surface area contributed by atoms with E-state index < -0.39 is 41.3 Å². The van der Waals surface area contributed by atoms with Crippen molar-refractivity contribution in [1.29, 1.82) is 0 Å². The Morgan fingerprint density at radius 1 is 0.941 bits per heavy atom. The molecule has 4 saturated carbocycles. The Bertz CT molecular complexity index is 864. The van der Waals surface area contributed by atoms with Crippen molar-refractivity contribution in [3.05, 3.63) is 0 Å². The molecule has 7 nitrogen and oxygen atoms in total. The van der Waals surface area contributed by atoms with Crippen molar-refractivity contribution in [2.45, 2.75) is 101 Å². The standard InChI is InChI=1S/C27H43NO6/c1-13-4-5-20-26(3,33)21-15(12-28(20)11-13)16-9-17-22(27(16,34)10-19(21)30)24(32)23(31)18-8-14(29)6-7-25(17,18)2/h13-22,24,29-30,32-34H,4-12H2,1-3H3/t13-,14-,15-,16+,17+,18+,19-,20-,21+,22-,24-,25+,26+,27-/m0/s1. The Morgan fingerprint density at radius 3 is 2.41 bits per heavy atom. The SMILES string of the molecule is C[C@H]1CC[C@@H]2N(C1)C[C@@H]1[C@H]([C@@H](O)C[C@@]3(O)[C@@H]4[C@H](O)C(=O)[C@H]5C[C@@H](O)CC[C@]5(C)[C@@H]4C[C@H]13)[C@]2(C)O. The molecule has 0 aromatic rings. The molecule has 0 aromatic heterocycles. The molecule has 192 valence electrons. The van der Waals surface area contributed by atoms with Crippen molar-refractivity contribution in [3.8, 4) is 0 Å². The van der Waals surface area contributed by atoms with Gasteiger partial charge in [0.25, 0.3) is 0 Å². The Hall–Kier alpha value is -0.570. The van der Waals surface area contributed by atoms with Crippen molar-refractivity contribution in [3.63, 3.8) is 0 Å². The molecule has 4 aliphatic carbocycles. The van der Waals surface area contributed by atoms with E-state index in [0.29, 0.717) is 31.6 Å². The van der Waals surface area contributed by atoms with Gasteiger partial charge >= 0.3 is 0 Å². The van der Waals surface area contributed by atoms with Gasteiger partial charge in [0.15, 0.2) is 5.78 Å². The van der Waals surface area contributed by atoms with Crippen LogP contribution in [0.2, 0.25) is 0 Å². The molecule has 0 radical (unpaired) electrons. The third-order valence-corrected chi connectivity index (χ3v) is 11.9. The normalized spacial score (nSPS) is 61.6. The predicted octanol–water partition coefficient (Wildman–Crippen LogP) is 0.943. The summed E-state index contributed by atoms with van der Waals surface area (Å²) < 4.78 is 0. The number of aliphatic hydroxyl groups is 5. The second-order valence-electron chi connectivity index (χ2n) is 13.6. The van der Waals surface area contributed by atoms with Crippen LogP contribution in [0.5, 0.6) is 0 Å². The average molecular weight is 478 g/mol. The lowest BCUT2D eigenvalue weighted by Crippen LogP contribution is -2.72. The summed E-state index contributed by atoms with van der Waals surface area (Å²) in [6, 6.07) is 0.0170. The molecule has 6 aliphatic rings. The Balaban J connectivity index is 1.40. The summed E-state index contributed by atoms with van der Waals surface area (Å²) in [5.41, 5.74) is -2.74. The number of rotatable bonds is 0. The fourth-order valence-corrected chi connectivity index (χ4v) is 10.5. The number of Topliss-reactive ketones (excluding diaryl/α,β-unsaturated/α-hetero) is 1. The van der Waals surface area contributed by atoms with Crippen LogP contribution in [0.4, 0.5) is 0 Å². The van der Waals surface area contributed by atoms with Crippen LogP contribution >= 0.6 is 0 Å². The molecule has 6 fully saturated rings. The van der Waals surface area contributed by atoms with Crippen LogP contribution in [-0.2, 0) is 4.79 Å². The highest BCUT2D eigenvalue weighted by Gasteiger charge is 2.73. The van der Waals surface area contributed by atoms with Crippen molar-refractivity contribution >= 4 is 5.78 Å². The highest BCUT2D eigenvalue weighted by Crippen LogP contribution is 2.68. The van der Waals surface area contributed by atoms with E-state index in [9.17, 15) is 30.3 Å². The number of aliphatic hydroxyl groups excluding tert-OH is 3. The van der Waals surface area contributed by atoms with Gasteiger partial charge in [-0.15, -0.1) is 0 Å². The molecule has 0 amide bonds. The van der Waals surface area contributed by atoms with Gasteiger partial charge in [0.2, 0.25) is 0 Å². The fraction of sp³-hybridized carbons (Fsp3) is 0.963. The van der Waals surface area contributed by atoms with Crippen LogP contribution in [0.15, 0.2) is 0 Å². The zero-order valence-electron chi connectivity index (χ0n) is 20.8. The van der Waals surface area contributed by atoms with Crippen LogP contribution in [0, 0.1) is 46.8 Å². The lowest BCUT2D eigenvalue weighted by Gasteiger charge is -2.62. The van der Waals surface area contributed by atoms with Crippen LogP contribution in [0.1, 0.15) is 65.7 Å². The molecule has 2 aliphatic heterocycles. The van der Waals surface area contributed by atoms with Crippen molar-refractivity contribution < 1.29 is 30.3 Å². The number of hydrogen-bond donors (Lipinski definition) is 5. The van der Waals surface area contributed by atoms with Gasteiger partial charge in [0, 0.05) is 43.3 Å². The first-order chi connectivity index (χ1) is 15.9. The molecule has 2 saturated heterocycles. The second kappa shape index (κ2) is 7.48. The Morgan fingerprint density at radius 2 is 1.68 bits per heavy atom. The summed E-state index contributed by atoms with van der Waals surface area (Å²) in [4.78, 5) is 15.8. The smallest absolute Gasteiger partial charge is 0.165 e. The van der Waals surface area contributed by atoms with E-state index in [4.69, 9.17) is 0 Å². The summed E-state index contributed by atoms with van der Waals surface area (Å²) in [5.74, 6) is -1.30. The van der Waals surface area contributed by atoms with Crippen molar-refractivity contribution in [2.75, 3.05) is 13.1 Å². The first kappa shape index (κ1) is 23.8. The minimum absolute atomic E-state index is 0.0170. The van der Waals surface area contributed by atoms with Crippen LogP contribution in [-0.4, -0.2) is 84.9 Å². The second-order valence-corrected chi connectivity index (χ2v) is 13.6. The topological polar surface area (TPSA) is 121 Å². The molecule has 6 rings (SSSR count). The minimum atomic E-state index is -1.32. The Labute approximate surface area is 202 Å². The zero-order valence-corrected chi connectivity index (χ0v) is 20.8. The first-order valence-electron chi connectivity index (χ1n) is 13.7. The summed E-state index contributed by atoms with van der Waals surface area (Å²) in [6.07, 6.45) is 1.87. The first-order valence-corrected chi connectivity index (χ1v) is 13.7. The van der Waals surface area contributed by atoms with E-state index >= 15 is 0 Å². The minimum Gasteiger partial charge on any atom is -0.393 e. The van der Waals surface area contributed by atoms with Crippen LogP contribution in [0.25, 0.3) is 0 Å². The molecule has 0 spiro atoms. The molecule has 7 heteroatoms. The lowest BCUT2D eigenvalue weighted by atomic mass is 9.50. The number of nitrogens with zero attached hydrogens (tertiary/aromatic N) is 1. The van der Waals surface area contributed by atoms with Gasteiger partial charge in [-0.3, -0.25) is 9.69 Å². The monoisotopic (exact) mass is 477 g/mol. The maximum atomic E-state index is 13.4. The number of fused-ring (bicyclic) bond motifs is 8. The third-order valence-electron chi connectivity index (χ3n) is 11.9. The van der Waals surface area contributed by atoms with Crippen LogP contribution < -0.4 is 0 Å². The van der Waals surface area contributed by atoms with E-state index in [1.807, 2.05) is 6.92 Å².